The Morgan fingerprint density at radius 2 is 2.22 bits per heavy atom. The average molecular weight is 279 g/mol. The first-order chi connectivity index (χ1) is 8.83. The molecule has 2 aromatic rings. The Hall–Kier alpha value is -0.810. The van der Waals surface area contributed by atoms with Crippen molar-refractivity contribution in [3.63, 3.8) is 0 Å². The summed E-state index contributed by atoms with van der Waals surface area (Å²) in [5, 5.41) is 6.77. The van der Waals surface area contributed by atoms with Gasteiger partial charge in [-0.05, 0) is 30.5 Å². The molecule has 0 bridgehead atoms. The molecule has 2 heterocycles. The van der Waals surface area contributed by atoms with Gasteiger partial charge in [0.05, 0.1) is 5.39 Å². The highest BCUT2D eigenvalue weighted by Gasteiger charge is 2.32. The van der Waals surface area contributed by atoms with Crippen LogP contribution in [0.5, 0.6) is 0 Å². The molecule has 0 unspecified atom stereocenters. The standard InChI is InChI=1S/C13H17N3S2/c1-17-13(5-2-3-6-13)8-14-11-10-4-7-18-12(10)16-9-15-11/h4,7,9H,2-3,5-6,8H2,1H3,(H,14,15,16). The molecular weight excluding hydrogens is 262 g/mol. The zero-order chi connectivity index (χ0) is 12.4. The van der Waals surface area contributed by atoms with Crippen LogP contribution in [0.3, 0.4) is 0 Å². The van der Waals surface area contributed by atoms with E-state index in [1.165, 1.54) is 25.7 Å². The molecule has 1 N–H and O–H groups in total. The van der Waals surface area contributed by atoms with Gasteiger partial charge in [0.25, 0.3) is 0 Å². The summed E-state index contributed by atoms with van der Waals surface area (Å²) in [7, 11) is 0. The van der Waals surface area contributed by atoms with E-state index in [9.17, 15) is 0 Å². The number of hydrogen-bond donors (Lipinski definition) is 1. The minimum atomic E-state index is 0.410. The zero-order valence-corrected chi connectivity index (χ0v) is 12.1. The maximum Gasteiger partial charge on any atom is 0.138 e. The maximum absolute atomic E-state index is 4.38. The van der Waals surface area contributed by atoms with Gasteiger partial charge in [-0.25, -0.2) is 9.97 Å². The van der Waals surface area contributed by atoms with Gasteiger partial charge in [0, 0.05) is 11.3 Å². The molecule has 18 heavy (non-hydrogen) atoms. The highest BCUT2D eigenvalue weighted by atomic mass is 32.2. The van der Waals surface area contributed by atoms with Crippen molar-refractivity contribution in [2.24, 2.45) is 0 Å². The fourth-order valence-electron chi connectivity index (χ4n) is 2.65. The van der Waals surface area contributed by atoms with E-state index in [1.54, 1.807) is 17.7 Å². The Kier molecular flexibility index (Phi) is 3.43. The van der Waals surface area contributed by atoms with Gasteiger partial charge in [0.1, 0.15) is 17.0 Å². The molecule has 96 valence electrons. The van der Waals surface area contributed by atoms with E-state index in [0.717, 1.165) is 22.6 Å². The van der Waals surface area contributed by atoms with Crippen molar-refractivity contribution < 1.29 is 0 Å². The number of thiophene rings is 1. The lowest BCUT2D eigenvalue weighted by Gasteiger charge is -2.27. The largest absolute Gasteiger partial charge is 0.368 e. The van der Waals surface area contributed by atoms with Crippen LogP contribution in [0.15, 0.2) is 17.8 Å². The first-order valence-electron chi connectivity index (χ1n) is 6.30. The van der Waals surface area contributed by atoms with Crippen molar-refractivity contribution in [3.8, 4) is 0 Å². The second-order valence-electron chi connectivity index (χ2n) is 4.81. The van der Waals surface area contributed by atoms with Crippen LogP contribution in [-0.4, -0.2) is 27.5 Å². The van der Waals surface area contributed by atoms with Crippen LogP contribution in [-0.2, 0) is 0 Å². The van der Waals surface area contributed by atoms with Gasteiger partial charge in [0.2, 0.25) is 0 Å². The maximum atomic E-state index is 4.38. The Bertz CT molecular complexity index is 532. The van der Waals surface area contributed by atoms with E-state index >= 15 is 0 Å². The molecule has 3 nitrogen and oxygen atoms in total. The van der Waals surface area contributed by atoms with E-state index in [1.807, 2.05) is 11.8 Å². The minimum absolute atomic E-state index is 0.410. The van der Waals surface area contributed by atoms with Crippen molar-refractivity contribution in [2.75, 3.05) is 18.1 Å². The number of aromatic nitrogens is 2. The van der Waals surface area contributed by atoms with Crippen molar-refractivity contribution in [3.05, 3.63) is 17.8 Å². The fourth-order valence-corrected chi connectivity index (χ4v) is 4.29. The molecule has 0 aliphatic heterocycles. The van der Waals surface area contributed by atoms with Crippen LogP contribution in [0.1, 0.15) is 25.7 Å². The Labute approximate surface area is 115 Å². The van der Waals surface area contributed by atoms with Crippen LogP contribution < -0.4 is 5.32 Å². The van der Waals surface area contributed by atoms with Crippen molar-refractivity contribution in [2.45, 2.75) is 30.4 Å². The molecule has 0 amide bonds. The molecule has 1 aliphatic rings. The van der Waals surface area contributed by atoms with Gasteiger partial charge in [-0.2, -0.15) is 11.8 Å². The van der Waals surface area contributed by atoms with Gasteiger partial charge in [-0.1, -0.05) is 12.8 Å². The number of nitrogens with zero attached hydrogens (tertiary/aromatic N) is 2. The topological polar surface area (TPSA) is 37.8 Å². The summed E-state index contributed by atoms with van der Waals surface area (Å²) in [6.07, 6.45) is 9.24. The molecule has 0 saturated heterocycles. The Morgan fingerprint density at radius 3 is 3.00 bits per heavy atom. The van der Waals surface area contributed by atoms with Gasteiger partial charge < -0.3 is 5.32 Å². The minimum Gasteiger partial charge on any atom is -0.368 e. The van der Waals surface area contributed by atoms with Crippen molar-refractivity contribution in [1.82, 2.24) is 9.97 Å². The third-order valence-electron chi connectivity index (χ3n) is 3.79. The summed E-state index contributed by atoms with van der Waals surface area (Å²) in [6, 6.07) is 2.10. The normalized spacial score (nSPS) is 18.3. The van der Waals surface area contributed by atoms with E-state index in [2.05, 4.69) is 33.0 Å². The van der Waals surface area contributed by atoms with Crippen LogP contribution in [0.25, 0.3) is 10.2 Å². The highest BCUT2D eigenvalue weighted by Crippen LogP contribution is 2.40. The summed E-state index contributed by atoms with van der Waals surface area (Å²) < 4.78 is 0.410. The fraction of sp³-hybridized carbons (Fsp3) is 0.538. The van der Waals surface area contributed by atoms with Crippen LogP contribution in [0, 0.1) is 0 Å². The lowest BCUT2D eigenvalue weighted by molar-refractivity contribution is 0.639. The van der Waals surface area contributed by atoms with E-state index < -0.39 is 0 Å². The molecule has 0 aromatic carbocycles. The number of hydrogen-bond acceptors (Lipinski definition) is 5. The first-order valence-corrected chi connectivity index (χ1v) is 8.41. The zero-order valence-electron chi connectivity index (χ0n) is 10.5. The SMILES string of the molecule is CSC1(CNc2ncnc3sccc23)CCCC1. The summed E-state index contributed by atoms with van der Waals surface area (Å²) in [6.45, 7) is 1.01. The third kappa shape index (κ3) is 2.21. The van der Waals surface area contributed by atoms with E-state index in [4.69, 9.17) is 0 Å². The molecule has 3 rings (SSSR count). The van der Waals surface area contributed by atoms with Crippen molar-refractivity contribution in [1.29, 1.82) is 0 Å². The van der Waals surface area contributed by atoms with Crippen LogP contribution in [0.4, 0.5) is 5.82 Å². The van der Waals surface area contributed by atoms with E-state index in [-0.39, 0.29) is 0 Å². The van der Waals surface area contributed by atoms with Gasteiger partial charge >= 0.3 is 0 Å². The molecule has 0 radical (unpaired) electrons. The third-order valence-corrected chi connectivity index (χ3v) is 6.03. The molecule has 1 fully saturated rings. The quantitative estimate of drug-likeness (QED) is 0.924. The molecule has 0 atom stereocenters. The summed E-state index contributed by atoms with van der Waals surface area (Å²) in [5.41, 5.74) is 0. The second-order valence-corrected chi connectivity index (χ2v) is 6.98. The first kappa shape index (κ1) is 12.2. The number of nitrogens with one attached hydrogen (secondary N) is 1. The summed E-state index contributed by atoms with van der Waals surface area (Å²) in [5.74, 6) is 0.988. The predicted octanol–water partition coefficient (Wildman–Crippen LogP) is 3.78. The lowest BCUT2D eigenvalue weighted by Crippen LogP contribution is -2.30. The Balaban J connectivity index is 1.78. The number of fused-ring (bicyclic) bond motifs is 1. The van der Waals surface area contributed by atoms with Crippen LogP contribution in [0.2, 0.25) is 0 Å². The summed E-state index contributed by atoms with van der Waals surface area (Å²) in [4.78, 5) is 9.73. The lowest BCUT2D eigenvalue weighted by atomic mass is 10.1. The molecule has 5 heteroatoms. The number of anilines is 1. The molecule has 0 spiro atoms. The van der Waals surface area contributed by atoms with Gasteiger partial charge in [0.15, 0.2) is 0 Å². The molecule has 1 aliphatic carbocycles. The average Bonchev–Trinajstić information content (AvgIpc) is 3.06. The predicted molar refractivity (Wildman–Crippen MR) is 80.6 cm³/mol. The number of thioether (sulfide) groups is 1. The number of rotatable bonds is 4. The smallest absolute Gasteiger partial charge is 0.138 e. The van der Waals surface area contributed by atoms with Gasteiger partial charge in [-0.3, -0.25) is 0 Å². The van der Waals surface area contributed by atoms with Crippen molar-refractivity contribution >= 4 is 39.1 Å². The molecular formula is C13H17N3S2. The second kappa shape index (κ2) is 5.05. The molecule has 1 saturated carbocycles. The van der Waals surface area contributed by atoms with Gasteiger partial charge in [-0.15, -0.1) is 11.3 Å². The van der Waals surface area contributed by atoms with Crippen LogP contribution >= 0.6 is 23.1 Å². The Morgan fingerprint density at radius 1 is 1.39 bits per heavy atom. The monoisotopic (exact) mass is 279 g/mol. The highest BCUT2D eigenvalue weighted by molar-refractivity contribution is 8.00. The summed E-state index contributed by atoms with van der Waals surface area (Å²) >= 11 is 3.67. The molecule has 2 aromatic heterocycles. The van der Waals surface area contributed by atoms with E-state index in [0.29, 0.717) is 4.75 Å².